The van der Waals surface area contributed by atoms with Crippen LogP contribution in [-0.4, -0.2) is 29.2 Å². The zero-order valence-corrected chi connectivity index (χ0v) is 9.66. The Morgan fingerprint density at radius 1 is 1.44 bits per heavy atom. The van der Waals surface area contributed by atoms with Gasteiger partial charge in [-0.05, 0) is 12.1 Å². The number of benzene rings is 1. The molecule has 0 saturated heterocycles. The second-order valence-electron chi connectivity index (χ2n) is 3.53. The number of aldehydes is 1. The van der Waals surface area contributed by atoms with Crippen molar-refractivity contribution < 1.29 is 14.3 Å². The first kappa shape index (κ1) is 11.8. The van der Waals surface area contributed by atoms with Crippen LogP contribution in [-0.2, 0) is 0 Å². The molecule has 2 rings (SSSR count). The summed E-state index contributed by atoms with van der Waals surface area (Å²) in [7, 11) is 1.52. The molecule has 1 aromatic carbocycles. The highest BCUT2D eigenvalue weighted by molar-refractivity contribution is 5.89. The van der Waals surface area contributed by atoms with E-state index in [-0.39, 0.29) is 5.56 Å². The fraction of sp³-hybridized carbons (Fsp3) is 0.0833. The van der Waals surface area contributed by atoms with Crippen molar-refractivity contribution >= 4 is 12.3 Å². The maximum atomic E-state index is 11.0. The summed E-state index contributed by atoms with van der Waals surface area (Å²) in [4.78, 5) is 22.0. The fourth-order valence-corrected chi connectivity index (χ4v) is 1.64. The molecule has 0 bridgehead atoms. The van der Waals surface area contributed by atoms with Crippen LogP contribution in [0, 0.1) is 0 Å². The summed E-state index contributed by atoms with van der Waals surface area (Å²) in [6, 6.07) is 6.33. The van der Waals surface area contributed by atoms with Gasteiger partial charge in [0.05, 0.1) is 12.7 Å². The smallest absolute Gasteiger partial charge is 0.339 e. The third-order valence-electron chi connectivity index (χ3n) is 2.46. The summed E-state index contributed by atoms with van der Waals surface area (Å²) < 4.78 is 6.11. The summed E-state index contributed by atoms with van der Waals surface area (Å²) in [5.41, 5.74) is 6.38. The molecule has 0 saturated carbocycles. The van der Waals surface area contributed by atoms with Crippen LogP contribution in [0.2, 0.25) is 0 Å². The average molecular weight is 245 g/mol. The number of rotatable bonds is 3. The molecule has 0 radical (unpaired) electrons. The molecule has 6 nitrogen and oxygen atoms in total. The van der Waals surface area contributed by atoms with Crippen molar-refractivity contribution in [3.05, 3.63) is 36.0 Å². The van der Waals surface area contributed by atoms with Crippen LogP contribution < -0.4 is 10.5 Å². The number of nitrogens with zero attached hydrogens (tertiary/aromatic N) is 2. The van der Waals surface area contributed by atoms with E-state index in [1.54, 1.807) is 24.3 Å². The Labute approximate surface area is 103 Å². The molecule has 0 spiro atoms. The van der Waals surface area contributed by atoms with Crippen molar-refractivity contribution in [2.45, 2.75) is 0 Å². The van der Waals surface area contributed by atoms with E-state index < -0.39 is 6.03 Å². The summed E-state index contributed by atoms with van der Waals surface area (Å²) in [5, 5.41) is 3.99. The lowest BCUT2D eigenvalue weighted by Gasteiger charge is -2.05. The predicted octanol–water partition coefficient (Wildman–Crippen LogP) is 1.30. The van der Waals surface area contributed by atoms with Gasteiger partial charge in [-0.1, -0.05) is 12.1 Å². The summed E-state index contributed by atoms with van der Waals surface area (Å²) in [6.45, 7) is 0. The number of hydrogen-bond donors (Lipinski definition) is 1. The van der Waals surface area contributed by atoms with Crippen LogP contribution >= 0.6 is 0 Å². The van der Waals surface area contributed by atoms with Crippen molar-refractivity contribution in [2.24, 2.45) is 5.73 Å². The molecule has 0 aliphatic carbocycles. The summed E-state index contributed by atoms with van der Waals surface area (Å²) in [6.07, 6.45) is 1.91. The Morgan fingerprint density at radius 2 is 2.17 bits per heavy atom. The van der Waals surface area contributed by atoms with Crippen LogP contribution in [0.25, 0.3) is 11.3 Å². The van der Waals surface area contributed by atoms with E-state index in [9.17, 15) is 9.59 Å². The SMILES string of the molecule is COc1ccccc1-c1nn(C(N)=O)cc1C=O. The van der Waals surface area contributed by atoms with E-state index in [1.807, 2.05) is 0 Å². The van der Waals surface area contributed by atoms with Gasteiger partial charge in [-0.25, -0.2) is 4.79 Å². The van der Waals surface area contributed by atoms with Crippen molar-refractivity contribution in [1.82, 2.24) is 9.78 Å². The third kappa shape index (κ3) is 1.95. The molecule has 0 unspecified atom stereocenters. The van der Waals surface area contributed by atoms with Crippen molar-refractivity contribution in [3.8, 4) is 17.0 Å². The van der Waals surface area contributed by atoms with E-state index in [0.29, 0.717) is 23.3 Å². The number of para-hydroxylation sites is 1. The molecule has 0 aliphatic rings. The van der Waals surface area contributed by atoms with Crippen LogP contribution in [0.1, 0.15) is 10.4 Å². The third-order valence-corrected chi connectivity index (χ3v) is 2.46. The van der Waals surface area contributed by atoms with Crippen molar-refractivity contribution in [2.75, 3.05) is 7.11 Å². The molecular weight excluding hydrogens is 234 g/mol. The maximum absolute atomic E-state index is 11.0. The molecule has 6 heteroatoms. The van der Waals surface area contributed by atoms with Gasteiger partial charge >= 0.3 is 6.03 Å². The number of primary amides is 1. The molecule has 0 fully saturated rings. The number of hydrogen-bond acceptors (Lipinski definition) is 4. The molecule has 18 heavy (non-hydrogen) atoms. The van der Waals surface area contributed by atoms with Crippen molar-refractivity contribution in [1.29, 1.82) is 0 Å². The lowest BCUT2D eigenvalue weighted by molar-refractivity contribution is 0.112. The van der Waals surface area contributed by atoms with Gasteiger partial charge in [0.25, 0.3) is 0 Å². The molecule has 1 amide bonds. The second-order valence-corrected chi connectivity index (χ2v) is 3.53. The number of carbonyl (C=O) groups excluding carboxylic acids is 2. The highest BCUT2D eigenvalue weighted by Crippen LogP contribution is 2.30. The number of methoxy groups -OCH3 is 1. The van der Waals surface area contributed by atoms with Gasteiger partial charge in [0.1, 0.15) is 11.4 Å². The van der Waals surface area contributed by atoms with Crippen LogP contribution in [0.15, 0.2) is 30.5 Å². The first-order chi connectivity index (χ1) is 8.67. The molecule has 2 aromatic rings. The van der Waals surface area contributed by atoms with Gasteiger partial charge < -0.3 is 10.5 Å². The van der Waals surface area contributed by atoms with Gasteiger partial charge in [-0.3, -0.25) is 4.79 Å². The number of aromatic nitrogens is 2. The molecule has 92 valence electrons. The minimum atomic E-state index is -0.751. The van der Waals surface area contributed by atoms with E-state index >= 15 is 0 Å². The topological polar surface area (TPSA) is 87.2 Å². The Hall–Kier alpha value is -2.63. The lowest BCUT2D eigenvalue weighted by Crippen LogP contribution is -2.19. The molecule has 0 aliphatic heterocycles. The zero-order valence-electron chi connectivity index (χ0n) is 9.66. The Balaban J connectivity index is 2.62. The lowest BCUT2D eigenvalue weighted by atomic mass is 10.1. The molecule has 2 N–H and O–H groups in total. The maximum Gasteiger partial charge on any atom is 0.339 e. The average Bonchev–Trinajstić information content (AvgIpc) is 2.82. The highest BCUT2D eigenvalue weighted by atomic mass is 16.5. The van der Waals surface area contributed by atoms with Crippen molar-refractivity contribution in [3.63, 3.8) is 0 Å². The second kappa shape index (κ2) is 4.70. The normalized spacial score (nSPS) is 10.1. The molecule has 1 aromatic heterocycles. The number of amides is 1. The number of carbonyl (C=O) groups is 2. The highest BCUT2D eigenvalue weighted by Gasteiger charge is 2.15. The van der Waals surface area contributed by atoms with Crippen LogP contribution in [0.3, 0.4) is 0 Å². The number of nitrogens with two attached hydrogens (primary N) is 1. The van der Waals surface area contributed by atoms with E-state index in [0.717, 1.165) is 4.68 Å². The van der Waals surface area contributed by atoms with Gasteiger partial charge in [-0.15, -0.1) is 0 Å². The zero-order chi connectivity index (χ0) is 13.1. The van der Waals surface area contributed by atoms with Gasteiger partial charge in [0, 0.05) is 11.8 Å². The fourth-order valence-electron chi connectivity index (χ4n) is 1.64. The quantitative estimate of drug-likeness (QED) is 0.825. The number of ether oxygens (including phenoxy) is 1. The summed E-state index contributed by atoms with van der Waals surface area (Å²) in [5.74, 6) is 0.565. The molecule has 0 atom stereocenters. The largest absolute Gasteiger partial charge is 0.496 e. The monoisotopic (exact) mass is 245 g/mol. The first-order valence-corrected chi connectivity index (χ1v) is 5.15. The predicted molar refractivity (Wildman–Crippen MR) is 64.6 cm³/mol. The Morgan fingerprint density at radius 3 is 2.78 bits per heavy atom. The van der Waals surface area contributed by atoms with E-state index in [1.165, 1.54) is 13.3 Å². The van der Waals surface area contributed by atoms with Crippen LogP contribution in [0.5, 0.6) is 5.75 Å². The first-order valence-electron chi connectivity index (χ1n) is 5.15. The summed E-state index contributed by atoms with van der Waals surface area (Å²) >= 11 is 0. The molecule has 1 heterocycles. The van der Waals surface area contributed by atoms with Gasteiger partial charge in [0.2, 0.25) is 0 Å². The Bertz CT molecular complexity index is 604. The standard InChI is InChI=1S/C12H11N3O3/c1-18-10-5-3-2-4-9(10)11-8(7-16)6-15(14-11)12(13)17/h2-7H,1H3,(H2,13,17). The Kier molecular flexibility index (Phi) is 3.09. The van der Waals surface area contributed by atoms with E-state index in [2.05, 4.69) is 5.10 Å². The molecular formula is C12H11N3O3. The minimum Gasteiger partial charge on any atom is -0.496 e. The minimum absolute atomic E-state index is 0.276. The van der Waals surface area contributed by atoms with Gasteiger partial charge in [-0.2, -0.15) is 9.78 Å². The van der Waals surface area contributed by atoms with E-state index in [4.69, 9.17) is 10.5 Å². The van der Waals surface area contributed by atoms with Crippen LogP contribution in [0.4, 0.5) is 4.79 Å². The van der Waals surface area contributed by atoms with Gasteiger partial charge in [0.15, 0.2) is 6.29 Å².